The molecule has 3 rings (SSSR count). The lowest BCUT2D eigenvalue weighted by Crippen LogP contribution is -2.31. The van der Waals surface area contributed by atoms with Crippen LogP contribution in [0.25, 0.3) is 11.4 Å². The second-order valence-corrected chi connectivity index (χ2v) is 4.63. The number of hydrogen-bond acceptors (Lipinski definition) is 5. The predicted molar refractivity (Wildman–Crippen MR) is 69.0 cm³/mol. The molecule has 2 heterocycles. The Labute approximate surface area is 109 Å². The molecule has 0 aliphatic carbocycles. The molecule has 0 radical (unpaired) electrons. The highest BCUT2D eigenvalue weighted by atomic mass is 16.6. The number of fused-ring (bicyclic) bond motifs is 1. The molecular weight excluding hydrogens is 246 g/mol. The summed E-state index contributed by atoms with van der Waals surface area (Å²) in [6, 6.07) is 6.71. The normalized spacial score (nSPS) is 18.0. The zero-order chi connectivity index (χ0) is 13.4. The first-order valence-electron chi connectivity index (χ1n) is 6.06. The first-order valence-corrected chi connectivity index (χ1v) is 6.06. The van der Waals surface area contributed by atoms with Crippen LogP contribution in [0.5, 0.6) is 0 Å². The van der Waals surface area contributed by atoms with Crippen molar-refractivity contribution in [2.75, 3.05) is 5.73 Å². The lowest BCUT2D eigenvalue weighted by molar-refractivity contribution is -0.527. The van der Waals surface area contributed by atoms with E-state index in [4.69, 9.17) is 5.73 Å². The first kappa shape index (κ1) is 11.6. The molecule has 0 amide bonds. The zero-order valence-corrected chi connectivity index (χ0v) is 10.2. The van der Waals surface area contributed by atoms with Crippen molar-refractivity contribution in [2.45, 2.75) is 25.4 Å². The fraction of sp³-hybridized carbons (Fsp3) is 0.333. The number of rotatable bonds is 2. The van der Waals surface area contributed by atoms with Crippen molar-refractivity contribution in [3.63, 3.8) is 0 Å². The summed E-state index contributed by atoms with van der Waals surface area (Å²) < 4.78 is 1.64. The SMILES string of the molecule is Nc1ccc(-c2nc3n(n2)CC([N+](=O)[O-])CC3)cc1. The van der Waals surface area contributed by atoms with Gasteiger partial charge in [0, 0.05) is 29.0 Å². The Morgan fingerprint density at radius 1 is 1.37 bits per heavy atom. The number of nitro groups is 1. The second-order valence-electron chi connectivity index (χ2n) is 4.63. The van der Waals surface area contributed by atoms with Crippen LogP contribution in [0.2, 0.25) is 0 Å². The predicted octanol–water partition coefficient (Wildman–Crippen LogP) is 1.12. The molecular formula is C12H13N5O2. The number of benzene rings is 1. The Kier molecular flexibility index (Phi) is 2.66. The van der Waals surface area contributed by atoms with Crippen molar-refractivity contribution >= 4 is 5.69 Å². The van der Waals surface area contributed by atoms with Gasteiger partial charge in [0.05, 0.1) is 0 Å². The lowest BCUT2D eigenvalue weighted by Gasteiger charge is -2.15. The van der Waals surface area contributed by atoms with Crippen LogP contribution < -0.4 is 5.73 Å². The van der Waals surface area contributed by atoms with Gasteiger partial charge in [0.15, 0.2) is 5.82 Å². The van der Waals surface area contributed by atoms with Crippen LogP contribution in [0.1, 0.15) is 12.2 Å². The van der Waals surface area contributed by atoms with E-state index in [1.54, 1.807) is 16.8 Å². The van der Waals surface area contributed by atoms with Crippen molar-refractivity contribution in [2.24, 2.45) is 0 Å². The number of nitrogen functional groups attached to an aromatic ring is 1. The highest BCUT2D eigenvalue weighted by Crippen LogP contribution is 2.21. The molecule has 0 fully saturated rings. The number of aryl methyl sites for hydroxylation is 1. The fourth-order valence-corrected chi connectivity index (χ4v) is 2.22. The highest BCUT2D eigenvalue weighted by Gasteiger charge is 2.29. The molecule has 2 N–H and O–H groups in total. The number of nitrogens with zero attached hydrogens (tertiary/aromatic N) is 4. The number of aromatic nitrogens is 3. The van der Waals surface area contributed by atoms with Crippen LogP contribution in [0, 0.1) is 10.1 Å². The number of nitrogens with two attached hydrogens (primary N) is 1. The molecule has 0 saturated carbocycles. The maximum atomic E-state index is 10.8. The Morgan fingerprint density at radius 3 is 2.79 bits per heavy atom. The zero-order valence-electron chi connectivity index (χ0n) is 10.2. The van der Waals surface area contributed by atoms with Gasteiger partial charge >= 0.3 is 0 Å². The van der Waals surface area contributed by atoms with E-state index in [1.165, 1.54) is 0 Å². The first-order chi connectivity index (χ1) is 9.13. The van der Waals surface area contributed by atoms with Gasteiger partial charge in [0.2, 0.25) is 6.04 Å². The van der Waals surface area contributed by atoms with Crippen LogP contribution in [-0.4, -0.2) is 25.7 Å². The Bertz CT molecular complexity index is 620. The van der Waals surface area contributed by atoms with E-state index in [0.29, 0.717) is 30.9 Å². The van der Waals surface area contributed by atoms with Crippen LogP contribution in [-0.2, 0) is 13.0 Å². The number of hydrogen-bond donors (Lipinski definition) is 1. The summed E-state index contributed by atoms with van der Waals surface area (Å²) in [5, 5.41) is 15.2. The average Bonchev–Trinajstić information content (AvgIpc) is 2.82. The molecule has 0 spiro atoms. The van der Waals surface area contributed by atoms with E-state index in [9.17, 15) is 10.1 Å². The summed E-state index contributed by atoms with van der Waals surface area (Å²) in [5.74, 6) is 1.41. The topological polar surface area (TPSA) is 99.9 Å². The fourth-order valence-electron chi connectivity index (χ4n) is 2.22. The second kappa shape index (κ2) is 4.34. The maximum absolute atomic E-state index is 10.8. The number of anilines is 1. The van der Waals surface area contributed by atoms with Gasteiger partial charge in [0.25, 0.3) is 0 Å². The third kappa shape index (κ3) is 2.14. The Balaban J connectivity index is 1.91. The van der Waals surface area contributed by atoms with E-state index in [1.807, 2.05) is 12.1 Å². The summed E-state index contributed by atoms with van der Waals surface area (Å²) >= 11 is 0. The molecule has 98 valence electrons. The van der Waals surface area contributed by atoms with Crippen LogP contribution in [0.4, 0.5) is 5.69 Å². The molecule has 1 aliphatic rings. The van der Waals surface area contributed by atoms with Gasteiger partial charge in [-0.05, 0) is 24.3 Å². The van der Waals surface area contributed by atoms with Gasteiger partial charge < -0.3 is 5.73 Å². The quantitative estimate of drug-likeness (QED) is 0.495. The monoisotopic (exact) mass is 259 g/mol. The van der Waals surface area contributed by atoms with Crippen LogP contribution in [0.15, 0.2) is 24.3 Å². The third-order valence-electron chi connectivity index (χ3n) is 3.30. The van der Waals surface area contributed by atoms with Crippen LogP contribution >= 0.6 is 0 Å². The van der Waals surface area contributed by atoms with Gasteiger partial charge in [-0.25, -0.2) is 9.67 Å². The summed E-state index contributed by atoms with van der Waals surface area (Å²) in [6.07, 6.45) is 1.11. The molecule has 1 aromatic carbocycles. The largest absolute Gasteiger partial charge is 0.399 e. The van der Waals surface area contributed by atoms with Gasteiger partial charge in [-0.1, -0.05) is 0 Å². The van der Waals surface area contributed by atoms with Gasteiger partial charge in [0.1, 0.15) is 12.4 Å². The molecule has 7 nitrogen and oxygen atoms in total. The molecule has 1 unspecified atom stereocenters. The van der Waals surface area contributed by atoms with Crippen LogP contribution in [0.3, 0.4) is 0 Å². The standard InChI is InChI=1S/C12H13N5O2/c13-9-3-1-8(2-4-9)12-14-11-6-5-10(17(18)19)7-16(11)15-12/h1-4,10H,5-7,13H2. The van der Waals surface area contributed by atoms with E-state index in [2.05, 4.69) is 10.1 Å². The van der Waals surface area contributed by atoms with Gasteiger partial charge in [-0.2, -0.15) is 5.10 Å². The smallest absolute Gasteiger partial charge is 0.232 e. The molecule has 1 aromatic heterocycles. The molecule has 0 bridgehead atoms. The third-order valence-corrected chi connectivity index (χ3v) is 3.30. The van der Waals surface area contributed by atoms with E-state index < -0.39 is 6.04 Å². The Morgan fingerprint density at radius 2 is 2.11 bits per heavy atom. The van der Waals surface area contributed by atoms with Gasteiger partial charge in [-0.15, -0.1) is 0 Å². The lowest BCUT2D eigenvalue weighted by atomic mass is 10.1. The van der Waals surface area contributed by atoms with Crippen molar-refractivity contribution in [3.05, 3.63) is 40.2 Å². The summed E-state index contributed by atoms with van der Waals surface area (Å²) in [4.78, 5) is 15.0. The molecule has 19 heavy (non-hydrogen) atoms. The van der Waals surface area contributed by atoms with Gasteiger partial charge in [-0.3, -0.25) is 10.1 Å². The van der Waals surface area contributed by atoms with Crippen molar-refractivity contribution in [1.82, 2.24) is 14.8 Å². The van der Waals surface area contributed by atoms with Crippen molar-refractivity contribution in [3.8, 4) is 11.4 Å². The Hall–Kier alpha value is -2.44. The molecule has 0 saturated heterocycles. The highest BCUT2D eigenvalue weighted by molar-refractivity contribution is 5.58. The minimum absolute atomic E-state index is 0.243. The average molecular weight is 259 g/mol. The van der Waals surface area contributed by atoms with E-state index in [0.717, 1.165) is 11.4 Å². The molecule has 1 aliphatic heterocycles. The summed E-state index contributed by atoms with van der Waals surface area (Å²) in [6.45, 7) is 0.296. The van der Waals surface area contributed by atoms with E-state index >= 15 is 0 Å². The molecule has 1 atom stereocenters. The van der Waals surface area contributed by atoms with E-state index in [-0.39, 0.29) is 4.92 Å². The van der Waals surface area contributed by atoms with Crippen molar-refractivity contribution in [1.29, 1.82) is 0 Å². The summed E-state index contributed by atoms with van der Waals surface area (Å²) in [5.41, 5.74) is 7.18. The molecule has 7 heteroatoms. The minimum Gasteiger partial charge on any atom is -0.399 e. The molecule has 2 aromatic rings. The summed E-state index contributed by atoms with van der Waals surface area (Å²) in [7, 11) is 0. The minimum atomic E-state index is -0.562. The van der Waals surface area contributed by atoms with Crippen molar-refractivity contribution < 1.29 is 4.92 Å². The maximum Gasteiger partial charge on any atom is 0.232 e.